The molecule has 1 saturated heterocycles. The maximum atomic E-state index is 12.9. The van der Waals surface area contributed by atoms with Crippen LogP contribution in [-0.2, 0) is 4.79 Å². The Morgan fingerprint density at radius 1 is 1.14 bits per heavy atom. The van der Waals surface area contributed by atoms with Gasteiger partial charge in [0.1, 0.15) is 12.6 Å². The lowest BCUT2D eigenvalue weighted by molar-refractivity contribution is -0.181. The summed E-state index contributed by atoms with van der Waals surface area (Å²) in [5.41, 5.74) is 0. The van der Waals surface area contributed by atoms with Crippen LogP contribution < -0.4 is 10.6 Å². The molecule has 1 heterocycles. The van der Waals surface area contributed by atoms with Gasteiger partial charge in [0.15, 0.2) is 5.96 Å². The zero-order chi connectivity index (χ0) is 19.9. The zero-order valence-electron chi connectivity index (χ0n) is 16.7. The number of amides is 1. The molecule has 0 aromatic carbocycles. The maximum absolute atomic E-state index is 12.9. The number of rotatable bonds is 5. The summed E-state index contributed by atoms with van der Waals surface area (Å²) in [4.78, 5) is 19.9. The summed E-state index contributed by atoms with van der Waals surface area (Å²) in [6.45, 7) is 5.36. The Bertz CT molecular complexity index is 504. The number of hydrogen-bond acceptors (Lipinski definition) is 3. The first-order chi connectivity index (χ1) is 12.8. The van der Waals surface area contributed by atoms with Crippen LogP contribution in [0.25, 0.3) is 0 Å². The van der Waals surface area contributed by atoms with Crippen LogP contribution in [-0.4, -0.2) is 79.2 Å². The van der Waals surface area contributed by atoms with E-state index in [-0.39, 0.29) is 42.5 Å². The molecule has 0 radical (unpaired) electrons. The van der Waals surface area contributed by atoms with Gasteiger partial charge in [-0.15, -0.1) is 24.0 Å². The van der Waals surface area contributed by atoms with Crippen molar-refractivity contribution in [2.24, 2.45) is 4.99 Å². The molecular weight excluding hydrogens is 486 g/mol. The van der Waals surface area contributed by atoms with Crippen LogP contribution in [0.15, 0.2) is 4.99 Å². The molecule has 164 valence electrons. The van der Waals surface area contributed by atoms with E-state index in [1.807, 2.05) is 11.8 Å². The van der Waals surface area contributed by atoms with E-state index in [1.54, 1.807) is 0 Å². The van der Waals surface area contributed by atoms with Crippen molar-refractivity contribution >= 4 is 35.8 Å². The summed E-state index contributed by atoms with van der Waals surface area (Å²) in [5, 5.41) is 6.17. The Morgan fingerprint density at radius 2 is 1.75 bits per heavy atom. The second kappa shape index (κ2) is 12.0. The lowest BCUT2D eigenvalue weighted by Gasteiger charge is -2.39. The van der Waals surface area contributed by atoms with Gasteiger partial charge in [-0.25, -0.2) is 4.99 Å². The number of carbonyl (C=O) groups is 1. The Kier molecular flexibility index (Phi) is 10.9. The number of aliphatic imine (C=N–C) groups is 1. The molecule has 0 aromatic heterocycles. The lowest BCUT2D eigenvalue weighted by Crippen LogP contribution is -2.56. The highest BCUT2D eigenvalue weighted by molar-refractivity contribution is 14.0. The molecule has 1 aliphatic heterocycles. The average Bonchev–Trinajstić information content (AvgIpc) is 2.65. The van der Waals surface area contributed by atoms with Gasteiger partial charge in [0.05, 0.1) is 0 Å². The predicted molar refractivity (Wildman–Crippen MR) is 115 cm³/mol. The second-order valence-electron chi connectivity index (χ2n) is 7.31. The van der Waals surface area contributed by atoms with Gasteiger partial charge >= 0.3 is 6.18 Å². The summed E-state index contributed by atoms with van der Waals surface area (Å²) in [7, 11) is 0. The molecule has 1 atom stereocenters. The molecular formula is C18H33F3IN5O. The lowest BCUT2D eigenvalue weighted by atomic mass is 9.95. The fraction of sp³-hybridized carbons (Fsp3) is 0.889. The third kappa shape index (κ3) is 7.92. The predicted octanol–water partition coefficient (Wildman–Crippen LogP) is 2.59. The minimum absolute atomic E-state index is 0. The van der Waals surface area contributed by atoms with Crippen molar-refractivity contribution in [1.29, 1.82) is 0 Å². The van der Waals surface area contributed by atoms with Gasteiger partial charge in [-0.1, -0.05) is 19.3 Å². The van der Waals surface area contributed by atoms with E-state index in [4.69, 9.17) is 0 Å². The smallest absolute Gasteiger partial charge is 0.357 e. The molecule has 1 aliphatic carbocycles. The number of piperazine rings is 1. The first kappa shape index (κ1) is 25.3. The van der Waals surface area contributed by atoms with Gasteiger partial charge < -0.3 is 15.5 Å². The summed E-state index contributed by atoms with van der Waals surface area (Å²) < 4.78 is 38.6. The summed E-state index contributed by atoms with van der Waals surface area (Å²) in [6, 6.07) is -1.20. The van der Waals surface area contributed by atoms with E-state index < -0.39 is 12.2 Å². The standard InChI is InChI=1S/C18H32F3N5O.HI/c1-3-22-17(23-13-16(27)24-15-7-5-4-6-8-15)26-11-9-25(10-12-26)14(2)18(19,20)21;/h14-15H,3-13H2,1-2H3,(H,22,23)(H,24,27);1H. The molecule has 2 N–H and O–H groups in total. The Morgan fingerprint density at radius 3 is 2.29 bits per heavy atom. The Labute approximate surface area is 182 Å². The van der Waals surface area contributed by atoms with Gasteiger partial charge in [0, 0.05) is 38.8 Å². The van der Waals surface area contributed by atoms with E-state index in [0.717, 1.165) is 25.7 Å². The number of nitrogens with one attached hydrogen (secondary N) is 2. The van der Waals surface area contributed by atoms with Crippen LogP contribution in [0.1, 0.15) is 46.0 Å². The van der Waals surface area contributed by atoms with E-state index >= 15 is 0 Å². The molecule has 0 spiro atoms. The largest absolute Gasteiger partial charge is 0.403 e. The molecule has 6 nitrogen and oxygen atoms in total. The quantitative estimate of drug-likeness (QED) is 0.333. The van der Waals surface area contributed by atoms with Crippen molar-refractivity contribution in [2.45, 2.75) is 64.2 Å². The third-order valence-corrected chi connectivity index (χ3v) is 5.31. The number of guanidine groups is 1. The van der Waals surface area contributed by atoms with E-state index in [0.29, 0.717) is 38.7 Å². The van der Waals surface area contributed by atoms with Gasteiger partial charge in [0.2, 0.25) is 5.91 Å². The first-order valence-corrected chi connectivity index (χ1v) is 9.94. The average molecular weight is 519 g/mol. The fourth-order valence-corrected chi connectivity index (χ4v) is 3.62. The molecule has 1 unspecified atom stereocenters. The highest BCUT2D eigenvalue weighted by Gasteiger charge is 2.41. The van der Waals surface area contributed by atoms with Gasteiger partial charge in [-0.2, -0.15) is 13.2 Å². The third-order valence-electron chi connectivity index (χ3n) is 5.31. The number of alkyl halides is 3. The molecule has 2 fully saturated rings. The van der Waals surface area contributed by atoms with Crippen molar-refractivity contribution < 1.29 is 18.0 Å². The minimum atomic E-state index is -4.21. The number of hydrogen-bond donors (Lipinski definition) is 2. The van der Waals surface area contributed by atoms with Gasteiger partial charge in [0.25, 0.3) is 0 Å². The van der Waals surface area contributed by atoms with Crippen molar-refractivity contribution in [3.8, 4) is 0 Å². The van der Waals surface area contributed by atoms with Crippen LogP contribution in [0, 0.1) is 0 Å². The van der Waals surface area contributed by atoms with Crippen molar-refractivity contribution in [3.63, 3.8) is 0 Å². The normalized spacial score (nSPS) is 21.0. The van der Waals surface area contributed by atoms with E-state index in [9.17, 15) is 18.0 Å². The molecule has 2 rings (SSSR count). The molecule has 1 amide bonds. The molecule has 0 aromatic rings. The van der Waals surface area contributed by atoms with Gasteiger partial charge in [-0.05, 0) is 26.7 Å². The Balaban J connectivity index is 0.00000392. The summed E-state index contributed by atoms with van der Waals surface area (Å²) in [6.07, 6.45) is 1.37. The number of nitrogens with zero attached hydrogens (tertiary/aromatic N) is 3. The molecule has 2 aliphatic rings. The number of halogens is 4. The zero-order valence-corrected chi connectivity index (χ0v) is 19.1. The van der Waals surface area contributed by atoms with Crippen LogP contribution in [0.4, 0.5) is 13.2 Å². The summed E-state index contributed by atoms with van der Waals surface area (Å²) >= 11 is 0. The molecule has 28 heavy (non-hydrogen) atoms. The van der Waals surface area contributed by atoms with Crippen LogP contribution in [0.5, 0.6) is 0 Å². The monoisotopic (exact) mass is 519 g/mol. The molecule has 0 bridgehead atoms. The number of carbonyl (C=O) groups excluding carboxylic acids is 1. The van der Waals surface area contributed by atoms with Crippen LogP contribution >= 0.6 is 24.0 Å². The topological polar surface area (TPSA) is 60.0 Å². The van der Waals surface area contributed by atoms with Crippen molar-refractivity contribution in [2.75, 3.05) is 39.3 Å². The van der Waals surface area contributed by atoms with Crippen molar-refractivity contribution in [1.82, 2.24) is 20.4 Å². The summed E-state index contributed by atoms with van der Waals surface area (Å²) in [5.74, 6) is 0.497. The van der Waals surface area contributed by atoms with Gasteiger partial charge in [-0.3, -0.25) is 9.69 Å². The molecule has 10 heteroatoms. The highest BCUT2D eigenvalue weighted by atomic mass is 127. The van der Waals surface area contributed by atoms with E-state index in [1.165, 1.54) is 18.2 Å². The SMILES string of the molecule is CCNC(=NCC(=O)NC1CCCCC1)N1CCN(C(C)C(F)(F)F)CC1.I. The fourth-order valence-electron chi connectivity index (χ4n) is 3.62. The van der Waals surface area contributed by atoms with Crippen LogP contribution in [0.2, 0.25) is 0 Å². The first-order valence-electron chi connectivity index (χ1n) is 9.94. The molecule has 1 saturated carbocycles. The van der Waals surface area contributed by atoms with E-state index in [2.05, 4.69) is 15.6 Å². The highest BCUT2D eigenvalue weighted by Crippen LogP contribution is 2.25. The Hall–Kier alpha value is -0.780. The second-order valence-corrected chi connectivity index (χ2v) is 7.31. The van der Waals surface area contributed by atoms with Crippen LogP contribution in [0.3, 0.4) is 0 Å². The van der Waals surface area contributed by atoms with Crippen molar-refractivity contribution in [3.05, 3.63) is 0 Å². The minimum Gasteiger partial charge on any atom is -0.357 e. The maximum Gasteiger partial charge on any atom is 0.403 e.